The summed E-state index contributed by atoms with van der Waals surface area (Å²) in [6.45, 7) is 5.06. The molecule has 2 rings (SSSR count). The van der Waals surface area contributed by atoms with Gasteiger partial charge in [-0.25, -0.2) is 10.4 Å². The third-order valence-electron chi connectivity index (χ3n) is 1.76. The SMILES string of the molecule is Cc1nsc(N2CCOCCN2)n1. The van der Waals surface area contributed by atoms with Crippen molar-refractivity contribution >= 4 is 16.7 Å². The Kier molecular flexibility index (Phi) is 2.72. The van der Waals surface area contributed by atoms with Crippen LogP contribution in [-0.2, 0) is 4.74 Å². The maximum atomic E-state index is 5.31. The van der Waals surface area contributed by atoms with Gasteiger partial charge >= 0.3 is 0 Å². The highest BCUT2D eigenvalue weighted by Crippen LogP contribution is 2.14. The topological polar surface area (TPSA) is 50.3 Å². The summed E-state index contributed by atoms with van der Waals surface area (Å²) in [5, 5.41) is 2.92. The summed E-state index contributed by atoms with van der Waals surface area (Å²) in [5.41, 5.74) is 3.23. The van der Waals surface area contributed by atoms with Gasteiger partial charge in [-0.2, -0.15) is 4.37 Å². The molecule has 1 saturated heterocycles. The summed E-state index contributed by atoms with van der Waals surface area (Å²) in [6.07, 6.45) is 0. The second kappa shape index (κ2) is 3.99. The van der Waals surface area contributed by atoms with Crippen LogP contribution in [0.2, 0.25) is 0 Å². The summed E-state index contributed by atoms with van der Waals surface area (Å²) < 4.78 is 9.44. The molecule has 0 radical (unpaired) electrons. The van der Waals surface area contributed by atoms with Gasteiger partial charge in [0.25, 0.3) is 0 Å². The van der Waals surface area contributed by atoms with Crippen LogP contribution >= 0.6 is 11.5 Å². The molecular weight excluding hydrogens is 188 g/mol. The van der Waals surface area contributed by atoms with Gasteiger partial charge in [0.2, 0.25) is 5.13 Å². The fourth-order valence-corrected chi connectivity index (χ4v) is 1.83. The highest BCUT2D eigenvalue weighted by atomic mass is 32.1. The molecule has 1 aromatic heterocycles. The van der Waals surface area contributed by atoms with Crippen molar-refractivity contribution in [1.82, 2.24) is 14.8 Å². The number of aryl methyl sites for hydroxylation is 1. The van der Waals surface area contributed by atoms with E-state index in [0.29, 0.717) is 0 Å². The van der Waals surface area contributed by atoms with Crippen molar-refractivity contribution in [1.29, 1.82) is 0 Å². The lowest BCUT2D eigenvalue weighted by atomic mass is 10.6. The first-order chi connectivity index (χ1) is 6.36. The van der Waals surface area contributed by atoms with Crippen LogP contribution in [0.3, 0.4) is 0 Å². The zero-order valence-electron chi connectivity index (χ0n) is 7.49. The van der Waals surface area contributed by atoms with Gasteiger partial charge in [0.1, 0.15) is 5.82 Å². The van der Waals surface area contributed by atoms with Crippen LogP contribution < -0.4 is 10.4 Å². The largest absolute Gasteiger partial charge is 0.378 e. The van der Waals surface area contributed by atoms with E-state index in [-0.39, 0.29) is 0 Å². The fourth-order valence-electron chi connectivity index (χ4n) is 1.15. The molecular formula is C7H12N4OS. The molecule has 13 heavy (non-hydrogen) atoms. The third-order valence-corrected chi connectivity index (χ3v) is 2.59. The Hall–Kier alpha value is -0.720. The minimum absolute atomic E-state index is 0.742. The maximum absolute atomic E-state index is 5.31. The summed E-state index contributed by atoms with van der Waals surface area (Å²) in [4.78, 5) is 4.29. The predicted molar refractivity (Wildman–Crippen MR) is 50.8 cm³/mol. The van der Waals surface area contributed by atoms with Gasteiger partial charge in [0, 0.05) is 18.1 Å². The smallest absolute Gasteiger partial charge is 0.219 e. The number of nitrogens with one attached hydrogen (secondary N) is 1. The Morgan fingerprint density at radius 3 is 3.23 bits per heavy atom. The van der Waals surface area contributed by atoms with Crippen molar-refractivity contribution in [3.8, 4) is 0 Å². The molecule has 0 amide bonds. The van der Waals surface area contributed by atoms with Crippen LogP contribution in [0.4, 0.5) is 5.13 Å². The van der Waals surface area contributed by atoms with Crippen molar-refractivity contribution in [2.75, 3.05) is 31.3 Å². The monoisotopic (exact) mass is 200 g/mol. The van der Waals surface area contributed by atoms with Crippen molar-refractivity contribution in [3.05, 3.63) is 5.82 Å². The lowest BCUT2D eigenvalue weighted by Crippen LogP contribution is -2.38. The fraction of sp³-hybridized carbons (Fsp3) is 0.714. The number of hydrogen-bond acceptors (Lipinski definition) is 6. The minimum Gasteiger partial charge on any atom is -0.378 e. The zero-order valence-corrected chi connectivity index (χ0v) is 8.30. The average Bonchev–Trinajstić information content (AvgIpc) is 2.43. The molecule has 1 aromatic rings. The number of anilines is 1. The molecule has 1 fully saturated rings. The van der Waals surface area contributed by atoms with E-state index in [4.69, 9.17) is 4.74 Å². The molecule has 5 nitrogen and oxygen atoms in total. The summed E-state index contributed by atoms with van der Waals surface area (Å²) in [6, 6.07) is 0. The molecule has 1 aliphatic heterocycles. The first-order valence-electron chi connectivity index (χ1n) is 4.25. The van der Waals surface area contributed by atoms with E-state index in [9.17, 15) is 0 Å². The third kappa shape index (κ3) is 2.15. The van der Waals surface area contributed by atoms with Crippen LogP contribution in [0.25, 0.3) is 0 Å². The van der Waals surface area contributed by atoms with Crippen LogP contribution in [-0.4, -0.2) is 35.7 Å². The zero-order chi connectivity index (χ0) is 9.10. The molecule has 0 aliphatic carbocycles. The van der Waals surface area contributed by atoms with Gasteiger partial charge in [-0.1, -0.05) is 0 Å². The van der Waals surface area contributed by atoms with Crippen LogP contribution in [0, 0.1) is 6.92 Å². The normalized spacial score (nSPS) is 18.7. The maximum Gasteiger partial charge on any atom is 0.219 e. The van der Waals surface area contributed by atoms with Crippen LogP contribution in [0.5, 0.6) is 0 Å². The van der Waals surface area contributed by atoms with Crippen molar-refractivity contribution in [2.45, 2.75) is 6.92 Å². The van der Waals surface area contributed by atoms with Gasteiger partial charge in [-0.05, 0) is 6.92 Å². The Balaban J connectivity index is 2.06. The molecule has 1 N–H and O–H groups in total. The second-order valence-corrected chi connectivity index (χ2v) is 3.53. The van der Waals surface area contributed by atoms with E-state index >= 15 is 0 Å². The van der Waals surface area contributed by atoms with Gasteiger partial charge in [-0.3, -0.25) is 5.01 Å². The van der Waals surface area contributed by atoms with Crippen molar-refractivity contribution < 1.29 is 4.74 Å². The van der Waals surface area contributed by atoms with Gasteiger partial charge < -0.3 is 4.74 Å². The lowest BCUT2D eigenvalue weighted by Gasteiger charge is -2.17. The predicted octanol–water partition coefficient (Wildman–Crippen LogP) is 0.188. The van der Waals surface area contributed by atoms with E-state index in [1.54, 1.807) is 0 Å². The molecule has 2 heterocycles. The van der Waals surface area contributed by atoms with E-state index in [1.807, 2.05) is 11.9 Å². The first kappa shape index (κ1) is 8.86. The summed E-state index contributed by atoms with van der Waals surface area (Å²) in [5.74, 6) is 0.826. The molecule has 1 aliphatic rings. The first-order valence-corrected chi connectivity index (χ1v) is 5.03. The quantitative estimate of drug-likeness (QED) is 0.701. The Bertz CT molecular complexity index is 269. The van der Waals surface area contributed by atoms with E-state index in [2.05, 4.69) is 14.8 Å². The van der Waals surface area contributed by atoms with E-state index in [1.165, 1.54) is 11.5 Å². The van der Waals surface area contributed by atoms with Crippen molar-refractivity contribution in [3.63, 3.8) is 0 Å². The van der Waals surface area contributed by atoms with Gasteiger partial charge in [-0.15, -0.1) is 0 Å². The second-order valence-electron chi connectivity index (χ2n) is 2.80. The molecule has 0 unspecified atom stereocenters. The summed E-state index contributed by atoms with van der Waals surface area (Å²) >= 11 is 1.41. The van der Waals surface area contributed by atoms with Gasteiger partial charge in [0.05, 0.1) is 19.8 Å². The molecule has 0 saturated carbocycles. The molecule has 0 atom stereocenters. The Morgan fingerprint density at radius 1 is 1.54 bits per heavy atom. The Labute approximate surface area is 80.9 Å². The number of hydrazine groups is 1. The Morgan fingerprint density at radius 2 is 2.46 bits per heavy atom. The summed E-state index contributed by atoms with van der Waals surface area (Å²) in [7, 11) is 0. The minimum atomic E-state index is 0.742. The molecule has 0 bridgehead atoms. The van der Waals surface area contributed by atoms with Gasteiger partial charge in [0.15, 0.2) is 0 Å². The molecule has 72 valence electrons. The number of aromatic nitrogens is 2. The number of ether oxygens (including phenoxy) is 1. The lowest BCUT2D eigenvalue weighted by molar-refractivity contribution is 0.158. The molecule has 6 heteroatoms. The number of nitrogens with zero attached hydrogens (tertiary/aromatic N) is 3. The van der Waals surface area contributed by atoms with Crippen LogP contribution in [0.1, 0.15) is 5.82 Å². The van der Waals surface area contributed by atoms with Crippen LogP contribution in [0.15, 0.2) is 0 Å². The number of rotatable bonds is 1. The highest BCUT2D eigenvalue weighted by Gasteiger charge is 2.12. The van der Waals surface area contributed by atoms with Crippen molar-refractivity contribution in [2.24, 2.45) is 0 Å². The molecule has 0 spiro atoms. The number of hydrogen-bond donors (Lipinski definition) is 1. The van der Waals surface area contributed by atoms with E-state index in [0.717, 1.165) is 37.3 Å². The standard InChI is InChI=1S/C7H12N4OS/c1-6-9-7(13-10-6)11-3-5-12-4-2-8-11/h8H,2-5H2,1H3. The molecule has 0 aromatic carbocycles. The van der Waals surface area contributed by atoms with E-state index < -0.39 is 0 Å². The highest BCUT2D eigenvalue weighted by molar-refractivity contribution is 7.09. The average molecular weight is 200 g/mol.